The van der Waals surface area contributed by atoms with Gasteiger partial charge in [0, 0.05) is 17.4 Å². The van der Waals surface area contributed by atoms with E-state index in [1.54, 1.807) is 12.3 Å². The highest BCUT2D eigenvalue weighted by molar-refractivity contribution is 5.93. The quantitative estimate of drug-likeness (QED) is 0.820. The zero-order valence-corrected chi connectivity index (χ0v) is 14.8. The lowest BCUT2D eigenvalue weighted by Crippen LogP contribution is -2.15. The molecule has 0 spiro atoms. The molecular weight excluding hydrogens is 320 g/mol. The van der Waals surface area contributed by atoms with Gasteiger partial charge in [-0.3, -0.25) is 9.36 Å². The van der Waals surface area contributed by atoms with Crippen molar-refractivity contribution < 1.29 is 19.4 Å². The molecule has 132 valence electrons. The number of nitrogens with one attached hydrogen (secondary N) is 1. The number of hydrogen-bond acceptors (Lipinski definition) is 3. The van der Waals surface area contributed by atoms with E-state index in [1.165, 1.54) is 4.57 Å². The number of hydrogen-bond donors (Lipinski definition) is 2. The zero-order valence-electron chi connectivity index (χ0n) is 14.8. The lowest BCUT2D eigenvalue weighted by atomic mass is 9.85. The molecule has 3 rings (SSSR count). The van der Waals surface area contributed by atoms with Crippen LogP contribution in [0, 0.1) is 0 Å². The van der Waals surface area contributed by atoms with E-state index in [4.69, 9.17) is 4.74 Å². The molecule has 2 heterocycles. The maximum absolute atomic E-state index is 11.7. The Balaban J connectivity index is 2.20. The normalized spacial score (nSPS) is 17.6. The number of carbonyl (C=O) groups excluding carboxylic acids is 1. The molecule has 1 aliphatic rings. The topological polar surface area (TPSA) is 80.6 Å². The molecule has 25 heavy (non-hydrogen) atoms. The van der Waals surface area contributed by atoms with Crippen LogP contribution in [-0.2, 0) is 14.9 Å². The van der Waals surface area contributed by atoms with Crippen molar-refractivity contribution in [2.24, 2.45) is 0 Å². The molecular formula is C19H22N2O4. The number of rotatable bonds is 1. The highest BCUT2D eigenvalue weighted by Crippen LogP contribution is 2.37. The Bertz CT molecular complexity index is 846. The molecule has 1 atom stereocenters. The maximum Gasteiger partial charge on any atom is 0.416 e. The number of aromatic nitrogens is 1. The van der Waals surface area contributed by atoms with E-state index >= 15 is 0 Å². The molecule has 1 aliphatic heterocycles. The molecule has 0 aliphatic carbocycles. The van der Waals surface area contributed by atoms with Crippen LogP contribution in [0.3, 0.4) is 0 Å². The zero-order chi connectivity index (χ0) is 18.4. The highest BCUT2D eigenvalue weighted by Gasteiger charge is 2.26. The molecule has 2 aromatic rings. The van der Waals surface area contributed by atoms with Crippen LogP contribution >= 0.6 is 0 Å². The highest BCUT2D eigenvalue weighted by atomic mass is 16.5. The minimum Gasteiger partial charge on any atom is -0.464 e. The Morgan fingerprint density at radius 3 is 2.68 bits per heavy atom. The summed E-state index contributed by atoms with van der Waals surface area (Å²) in [7, 11) is 0. The number of fused-ring (bicyclic) bond motifs is 1. The molecule has 1 amide bonds. The number of ether oxygens (including phenoxy) is 1. The van der Waals surface area contributed by atoms with E-state index in [1.807, 2.05) is 45.9 Å². The smallest absolute Gasteiger partial charge is 0.416 e. The summed E-state index contributed by atoms with van der Waals surface area (Å²) in [6.45, 7) is 8.03. The summed E-state index contributed by atoms with van der Waals surface area (Å²) in [5.41, 5.74) is 3.69. The van der Waals surface area contributed by atoms with Crippen molar-refractivity contribution in [3.63, 3.8) is 0 Å². The minimum atomic E-state index is -1.03. The molecule has 1 aromatic carbocycles. The second-order valence-electron chi connectivity index (χ2n) is 7.28. The monoisotopic (exact) mass is 342 g/mol. The Labute approximate surface area is 146 Å². The number of anilines is 1. The number of amides is 1. The van der Waals surface area contributed by atoms with Gasteiger partial charge in [-0.05, 0) is 41.7 Å². The van der Waals surface area contributed by atoms with Crippen molar-refractivity contribution in [2.45, 2.75) is 39.2 Å². The molecule has 2 N–H and O–H groups in total. The van der Waals surface area contributed by atoms with Crippen LogP contribution in [0.4, 0.5) is 10.5 Å². The average Bonchev–Trinajstić information content (AvgIpc) is 2.93. The largest absolute Gasteiger partial charge is 0.464 e. The van der Waals surface area contributed by atoms with E-state index in [0.717, 1.165) is 16.7 Å². The molecule has 0 saturated heterocycles. The van der Waals surface area contributed by atoms with Gasteiger partial charge in [-0.15, -0.1) is 0 Å². The van der Waals surface area contributed by atoms with Gasteiger partial charge in [-0.2, -0.15) is 0 Å². The van der Waals surface area contributed by atoms with E-state index in [0.29, 0.717) is 11.4 Å². The minimum absolute atomic E-state index is 0.00389. The lowest BCUT2D eigenvalue weighted by molar-refractivity contribution is -0.121. The first kappa shape index (κ1) is 17.2. The average molecular weight is 342 g/mol. The molecule has 1 aromatic heterocycles. The first-order valence-corrected chi connectivity index (χ1v) is 8.19. The maximum atomic E-state index is 11.7. The molecule has 0 radical (unpaired) electrons. The number of nitrogens with zero attached hydrogens (tertiary/aromatic N) is 1. The standard InChI is InChI=1S/C19H22N2O4/c1-11-13-9-12(5-6-15(13)20-16(22)10-25-11)17-14(19(2,3)4)7-8-21(17)18(23)24/h5-9,11H,10H2,1-4H3,(H,20,22)(H,23,24). The third-order valence-electron chi connectivity index (χ3n) is 4.40. The van der Waals surface area contributed by atoms with Crippen molar-refractivity contribution >= 4 is 17.7 Å². The first-order chi connectivity index (χ1) is 11.7. The SMILES string of the molecule is CC1OCC(=O)Nc2ccc(-c3c(C(C)(C)C)ccn3C(=O)O)cc21. The molecule has 0 fully saturated rings. The van der Waals surface area contributed by atoms with Crippen LogP contribution in [0.1, 0.15) is 44.9 Å². The Hall–Kier alpha value is -2.60. The van der Waals surface area contributed by atoms with Gasteiger partial charge in [0.1, 0.15) is 6.61 Å². The van der Waals surface area contributed by atoms with E-state index in [2.05, 4.69) is 5.32 Å². The van der Waals surface area contributed by atoms with Gasteiger partial charge in [0.15, 0.2) is 0 Å². The lowest BCUT2D eigenvalue weighted by Gasteiger charge is -2.21. The van der Waals surface area contributed by atoms with E-state index in [9.17, 15) is 14.7 Å². The predicted octanol–water partition coefficient (Wildman–Crippen LogP) is 4.01. The van der Waals surface area contributed by atoms with E-state index in [-0.39, 0.29) is 24.0 Å². The van der Waals surface area contributed by atoms with E-state index < -0.39 is 6.09 Å². The van der Waals surface area contributed by atoms with Crippen LogP contribution < -0.4 is 5.32 Å². The molecule has 6 nitrogen and oxygen atoms in total. The Morgan fingerprint density at radius 1 is 1.32 bits per heavy atom. The van der Waals surface area contributed by atoms with Gasteiger partial charge in [-0.25, -0.2) is 4.79 Å². The number of benzene rings is 1. The van der Waals surface area contributed by atoms with Gasteiger partial charge in [0.2, 0.25) is 5.91 Å². The molecule has 1 unspecified atom stereocenters. The summed E-state index contributed by atoms with van der Waals surface area (Å²) in [6, 6.07) is 7.38. The third kappa shape index (κ3) is 3.17. The van der Waals surface area contributed by atoms with Crippen molar-refractivity contribution in [2.75, 3.05) is 11.9 Å². The third-order valence-corrected chi connectivity index (χ3v) is 4.40. The van der Waals surface area contributed by atoms with Crippen molar-refractivity contribution in [3.05, 3.63) is 41.6 Å². The van der Waals surface area contributed by atoms with Gasteiger partial charge < -0.3 is 15.2 Å². The fourth-order valence-electron chi connectivity index (χ4n) is 3.13. The summed E-state index contributed by atoms with van der Waals surface area (Å²) >= 11 is 0. The summed E-state index contributed by atoms with van der Waals surface area (Å²) in [6.07, 6.45) is 0.282. The molecule has 6 heteroatoms. The summed E-state index contributed by atoms with van der Waals surface area (Å²) < 4.78 is 6.79. The summed E-state index contributed by atoms with van der Waals surface area (Å²) in [5, 5.41) is 12.4. The summed E-state index contributed by atoms with van der Waals surface area (Å²) in [4.78, 5) is 23.4. The predicted molar refractivity (Wildman–Crippen MR) is 95.0 cm³/mol. The fourth-order valence-corrected chi connectivity index (χ4v) is 3.13. The van der Waals surface area contributed by atoms with Gasteiger partial charge >= 0.3 is 6.09 Å². The van der Waals surface area contributed by atoms with Gasteiger partial charge in [0.05, 0.1) is 11.8 Å². The second kappa shape index (κ2) is 6.04. The first-order valence-electron chi connectivity index (χ1n) is 8.19. The van der Waals surface area contributed by atoms with Crippen LogP contribution in [0.25, 0.3) is 11.3 Å². The number of carbonyl (C=O) groups is 2. The van der Waals surface area contributed by atoms with Crippen molar-refractivity contribution in [1.82, 2.24) is 4.57 Å². The van der Waals surface area contributed by atoms with Crippen LogP contribution in [0.5, 0.6) is 0 Å². The number of carboxylic acid groups (broad SMARTS) is 1. The van der Waals surface area contributed by atoms with Crippen molar-refractivity contribution in [3.8, 4) is 11.3 Å². The Kier molecular flexibility index (Phi) is 4.16. The van der Waals surface area contributed by atoms with Crippen LogP contribution in [-0.4, -0.2) is 28.3 Å². The van der Waals surface area contributed by atoms with Gasteiger partial charge in [-0.1, -0.05) is 26.8 Å². The fraction of sp³-hybridized carbons (Fsp3) is 0.368. The molecule has 0 bridgehead atoms. The molecule has 0 saturated carbocycles. The van der Waals surface area contributed by atoms with Gasteiger partial charge in [0.25, 0.3) is 0 Å². The second-order valence-corrected chi connectivity index (χ2v) is 7.28. The van der Waals surface area contributed by atoms with Crippen molar-refractivity contribution in [1.29, 1.82) is 0 Å². The van der Waals surface area contributed by atoms with Crippen LogP contribution in [0.15, 0.2) is 30.5 Å². The Morgan fingerprint density at radius 2 is 2.04 bits per heavy atom. The summed E-state index contributed by atoms with van der Waals surface area (Å²) in [5.74, 6) is -0.192. The van der Waals surface area contributed by atoms with Crippen LogP contribution in [0.2, 0.25) is 0 Å².